The topological polar surface area (TPSA) is 12.5 Å². The molecule has 1 aliphatic rings. The third-order valence-corrected chi connectivity index (χ3v) is 6.33. The van der Waals surface area contributed by atoms with Crippen LogP contribution in [0.5, 0.6) is 0 Å². The van der Waals surface area contributed by atoms with E-state index in [9.17, 15) is 0 Å². The lowest BCUT2D eigenvalue weighted by atomic mass is 9.60. The van der Waals surface area contributed by atoms with Crippen LogP contribution in [0, 0.1) is 27.1 Å². The summed E-state index contributed by atoms with van der Waals surface area (Å²) in [7, 11) is 0. The van der Waals surface area contributed by atoms with Crippen molar-refractivity contribution in [3.05, 3.63) is 0 Å². The third kappa shape index (κ3) is 6.56. The SMILES string of the molecule is CC1OC1(C)C(C)(C)CC(C)(C)CC(C)(C)CC(C)(C)CC(C)(C)C. The van der Waals surface area contributed by atoms with Crippen LogP contribution in [0.2, 0.25) is 0 Å². The number of hydrogen-bond donors (Lipinski definition) is 0. The van der Waals surface area contributed by atoms with E-state index in [2.05, 4.69) is 90.0 Å². The van der Waals surface area contributed by atoms with Gasteiger partial charge in [-0.1, -0.05) is 76.2 Å². The number of rotatable bonds is 8. The van der Waals surface area contributed by atoms with Gasteiger partial charge in [-0.05, 0) is 66.6 Å². The number of epoxide rings is 1. The van der Waals surface area contributed by atoms with E-state index in [1.165, 1.54) is 25.7 Å². The van der Waals surface area contributed by atoms with Crippen LogP contribution in [-0.2, 0) is 4.74 Å². The normalized spacial score (nSPS) is 26.0. The number of hydrogen-bond acceptors (Lipinski definition) is 1. The van der Waals surface area contributed by atoms with Crippen molar-refractivity contribution in [3.8, 4) is 0 Å². The Kier molecular flexibility index (Phi) is 6.01. The molecule has 0 spiro atoms. The fourth-order valence-corrected chi connectivity index (χ4v) is 6.63. The molecule has 1 heteroatoms. The van der Waals surface area contributed by atoms with Gasteiger partial charge in [0.2, 0.25) is 0 Å². The summed E-state index contributed by atoms with van der Waals surface area (Å²) in [6.45, 7) is 31.2. The summed E-state index contributed by atoms with van der Waals surface area (Å²) in [6, 6.07) is 0. The zero-order valence-corrected chi connectivity index (χ0v) is 19.8. The second-order valence-electron chi connectivity index (χ2n) is 13.5. The van der Waals surface area contributed by atoms with E-state index >= 15 is 0 Å². The molecular weight excluding hydrogens is 304 g/mol. The molecule has 0 aliphatic carbocycles. The van der Waals surface area contributed by atoms with Crippen molar-refractivity contribution in [1.82, 2.24) is 0 Å². The Hall–Kier alpha value is -0.0400. The van der Waals surface area contributed by atoms with Crippen LogP contribution in [0.25, 0.3) is 0 Å². The largest absolute Gasteiger partial charge is 0.366 e. The van der Waals surface area contributed by atoms with E-state index in [1.807, 2.05) is 0 Å². The molecule has 150 valence electrons. The minimum atomic E-state index is 0.0555. The van der Waals surface area contributed by atoms with Crippen molar-refractivity contribution in [3.63, 3.8) is 0 Å². The summed E-state index contributed by atoms with van der Waals surface area (Å²) in [5, 5.41) is 0. The average Bonchev–Trinajstić information content (AvgIpc) is 2.77. The molecule has 0 saturated carbocycles. The van der Waals surface area contributed by atoms with Gasteiger partial charge >= 0.3 is 0 Å². The van der Waals surface area contributed by atoms with E-state index in [0.29, 0.717) is 27.8 Å². The summed E-state index contributed by atoms with van der Waals surface area (Å²) < 4.78 is 5.98. The van der Waals surface area contributed by atoms with E-state index in [1.54, 1.807) is 0 Å². The second-order valence-corrected chi connectivity index (χ2v) is 13.5. The molecule has 2 unspecified atom stereocenters. The summed E-state index contributed by atoms with van der Waals surface area (Å²) in [5.41, 5.74) is 1.72. The predicted octanol–water partition coefficient (Wildman–Crippen LogP) is 7.88. The van der Waals surface area contributed by atoms with Gasteiger partial charge in [-0.2, -0.15) is 0 Å². The molecule has 0 bridgehead atoms. The average molecular weight is 353 g/mol. The van der Waals surface area contributed by atoms with Crippen molar-refractivity contribution < 1.29 is 4.74 Å². The van der Waals surface area contributed by atoms with Crippen LogP contribution in [0.15, 0.2) is 0 Å². The van der Waals surface area contributed by atoms with Crippen LogP contribution in [0.3, 0.4) is 0 Å². The lowest BCUT2D eigenvalue weighted by molar-refractivity contribution is 0.0457. The Bertz CT molecular complexity index is 461. The molecular formula is C24H48O. The Balaban J connectivity index is 2.77. The molecule has 2 atom stereocenters. The van der Waals surface area contributed by atoms with Crippen molar-refractivity contribution in [2.24, 2.45) is 27.1 Å². The molecule has 0 N–H and O–H groups in total. The Morgan fingerprint density at radius 3 is 1.28 bits per heavy atom. The van der Waals surface area contributed by atoms with Crippen molar-refractivity contribution in [1.29, 1.82) is 0 Å². The van der Waals surface area contributed by atoms with Gasteiger partial charge in [0.1, 0.15) is 0 Å². The lowest BCUT2D eigenvalue weighted by Gasteiger charge is -2.45. The Morgan fingerprint density at radius 2 is 0.960 bits per heavy atom. The highest BCUT2D eigenvalue weighted by Gasteiger charge is 2.60. The molecule has 0 amide bonds. The van der Waals surface area contributed by atoms with Crippen LogP contribution < -0.4 is 0 Å². The van der Waals surface area contributed by atoms with Crippen molar-refractivity contribution in [2.75, 3.05) is 0 Å². The third-order valence-electron chi connectivity index (χ3n) is 6.33. The van der Waals surface area contributed by atoms with Crippen LogP contribution >= 0.6 is 0 Å². The van der Waals surface area contributed by atoms with E-state index in [-0.39, 0.29) is 11.0 Å². The maximum absolute atomic E-state index is 5.98. The van der Waals surface area contributed by atoms with Crippen LogP contribution in [-0.4, -0.2) is 11.7 Å². The Labute approximate surface area is 159 Å². The van der Waals surface area contributed by atoms with Crippen LogP contribution in [0.1, 0.15) is 116 Å². The quantitative estimate of drug-likeness (QED) is 0.405. The number of ether oxygens (including phenoxy) is 1. The molecule has 1 rings (SSSR count). The first-order valence-corrected chi connectivity index (χ1v) is 10.4. The van der Waals surface area contributed by atoms with Gasteiger partial charge in [0.05, 0.1) is 11.7 Å². The summed E-state index contributed by atoms with van der Waals surface area (Å²) in [4.78, 5) is 0. The van der Waals surface area contributed by atoms with Gasteiger partial charge in [-0.15, -0.1) is 0 Å². The first-order chi connectivity index (χ1) is 10.7. The van der Waals surface area contributed by atoms with Gasteiger partial charge in [0.25, 0.3) is 0 Å². The molecule has 1 aliphatic heterocycles. The molecule has 0 aromatic rings. The van der Waals surface area contributed by atoms with E-state index < -0.39 is 0 Å². The first-order valence-electron chi connectivity index (χ1n) is 10.4. The molecule has 1 heterocycles. The molecule has 25 heavy (non-hydrogen) atoms. The highest BCUT2D eigenvalue weighted by Crippen LogP contribution is 2.56. The molecule has 1 fully saturated rings. The fraction of sp³-hybridized carbons (Fsp3) is 1.00. The fourth-order valence-electron chi connectivity index (χ4n) is 6.63. The first kappa shape index (κ1) is 23.0. The van der Waals surface area contributed by atoms with Gasteiger partial charge in [-0.3, -0.25) is 0 Å². The van der Waals surface area contributed by atoms with Gasteiger partial charge in [-0.25, -0.2) is 0 Å². The highest BCUT2D eigenvalue weighted by molar-refractivity contribution is 5.08. The Morgan fingerprint density at radius 1 is 0.640 bits per heavy atom. The van der Waals surface area contributed by atoms with Gasteiger partial charge in [0, 0.05) is 0 Å². The smallest absolute Gasteiger partial charge is 0.0968 e. The van der Waals surface area contributed by atoms with Crippen molar-refractivity contribution in [2.45, 2.75) is 127 Å². The summed E-state index contributed by atoms with van der Waals surface area (Å²) in [5.74, 6) is 0. The van der Waals surface area contributed by atoms with E-state index in [4.69, 9.17) is 4.74 Å². The maximum atomic E-state index is 5.98. The predicted molar refractivity (Wildman–Crippen MR) is 112 cm³/mol. The lowest BCUT2D eigenvalue weighted by Crippen LogP contribution is -2.38. The maximum Gasteiger partial charge on any atom is 0.0968 e. The summed E-state index contributed by atoms with van der Waals surface area (Å²) >= 11 is 0. The zero-order chi connectivity index (χ0) is 20.1. The molecule has 1 nitrogen and oxygen atoms in total. The van der Waals surface area contributed by atoms with E-state index in [0.717, 1.165) is 0 Å². The minimum absolute atomic E-state index is 0.0555. The highest BCUT2D eigenvalue weighted by atomic mass is 16.6. The van der Waals surface area contributed by atoms with Crippen molar-refractivity contribution >= 4 is 0 Å². The molecule has 0 radical (unpaired) electrons. The van der Waals surface area contributed by atoms with Gasteiger partial charge < -0.3 is 4.74 Å². The summed E-state index contributed by atoms with van der Waals surface area (Å²) in [6.07, 6.45) is 5.44. The monoisotopic (exact) mass is 352 g/mol. The zero-order valence-electron chi connectivity index (χ0n) is 19.8. The minimum Gasteiger partial charge on any atom is -0.366 e. The van der Waals surface area contributed by atoms with Gasteiger partial charge in [0.15, 0.2) is 0 Å². The standard InChI is InChI=1S/C24H48O/c1-18-24(13,25-18)23(11,12)17-22(9,10)16-21(7,8)15-20(5,6)14-19(2,3)4/h18H,14-17H2,1-13H3. The second kappa shape index (κ2) is 6.54. The molecule has 0 aromatic heterocycles. The molecule has 1 saturated heterocycles. The van der Waals surface area contributed by atoms with Crippen LogP contribution in [0.4, 0.5) is 0 Å². The molecule has 0 aromatic carbocycles.